The van der Waals surface area contributed by atoms with Crippen LogP contribution in [0.2, 0.25) is 13.7 Å². The Kier molecular flexibility index (Phi) is 5.15. The van der Waals surface area contributed by atoms with Gasteiger partial charge in [0.2, 0.25) is 0 Å². The van der Waals surface area contributed by atoms with Crippen molar-refractivity contribution in [2.24, 2.45) is 0 Å². The molecule has 1 unspecified atom stereocenters. The average Bonchev–Trinajstić information content (AvgIpc) is 2.66. The normalized spacial score (nSPS) is 12.7. The van der Waals surface area contributed by atoms with E-state index in [1.165, 1.54) is 11.3 Å². The van der Waals surface area contributed by atoms with Crippen LogP contribution in [0.25, 0.3) is 0 Å². The Bertz CT molecular complexity index is 580. The van der Waals surface area contributed by atoms with Gasteiger partial charge >= 0.3 is 0 Å². The number of benzene rings is 1. The molecule has 5 heteroatoms. The summed E-state index contributed by atoms with van der Waals surface area (Å²) in [4.78, 5) is 0. The molecule has 1 atom stereocenters. The van der Waals surface area contributed by atoms with Crippen molar-refractivity contribution < 1.29 is 0 Å². The van der Waals surface area contributed by atoms with Crippen molar-refractivity contribution in [2.45, 2.75) is 19.9 Å². The smallest absolute Gasteiger partial charge is 0.0995 e. The van der Waals surface area contributed by atoms with Crippen LogP contribution in [0, 0.1) is 6.92 Å². The topological polar surface area (TPSA) is 12.0 Å². The third-order valence-electron chi connectivity index (χ3n) is 2.87. The first kappa shape index (κ1) is 15.1. The zero-order valence-corrected chi connectivity index (χ0v) is 13.7. The van der Waals surface area contributed by atoms with Crippen LogP contribution in [0.3, 0.4) is 0 Å². The molecule has 1 aromatic carbocycles. The zero-order valence-electron chi connectivity index (χ0n) is 10.6. The van der Waals surface area contributed by atoms with Crippen LogP contribution in [-0.4, -0.2) is 6.54 Å². The number of thiophene rings is 1. The Hall–Kier alpha value is -0.250. The SMILES string of the molecule is CCNC(c1ccc(C)cc1Cl)c1cc(Cl)sc1Cl. The van der Waals surface area contributed by atoms with Crippen molar-refractivity contribution >= 4 is 46.1 Å². The third kappa shape index (κ3) is 3.45. The minimum atomic E-state index is -0.0330. The Balaban J connectivity index is 2.48. The van der Waals surface area contributed by atoms with Gasteiger partial charge in [-0.2, -0.15) is 0 Å². The monoisotopic (exact) mass is 333 g/mol. The van der Waals surface area contributed by atoms with E-state index < -0.39 is 0 Å². The molecular formula is C14H14Cl3NS. The van der Waals surface area contributed by atoms with E-state index in [4.69, 9.17) is 34.8 Å². The summed E-state index contributed by atoms with van der Waals surface area (Å²) < 4.78 is 1.39. The maximum absolute atomic E-state index is 6.36. The van der Waals surface area contributed by atoms with E-state index in [1.807, 2.05) is 31.2 Å². The molecule has 102 valence electrons. The van der Waals surface area contributed by atoms with E-state index in [1.54, 1.807) is 0 Å². The average molecular weight is 335 g/mol. The van der Waals surface area contributed by atoms with E-state index in [-0.39, 0.29) is 6.04 Å². The van der Waals surface area contributed by atoms with Crippen molar-refractivity contribution in [2.75, 3.05) is 6.54 Å². The van der Waals surface area contributed by atoms with Crippen molar-refractivity contribution in [3.05, 3.63) is 54.7 Å². The standard InChI is InChI=1S/C14H14Cl3NS/c1-3-18-13(10-7-12(16)19-14(10)17)9-5-4-8(2)6-11(9)15/h4-7,13,18H,3H2,1-2H3. The predicted octanol–water partition coefficient (Wildman–Crippen LogP) is 5.72. The van der Waals surface area contributed by atoms with Crippen LogP contribution in [-0.2, 0) is 0 Å². The third-order valence-corrected chi connectivity index (χ3v) is 4.71. The summed E-state index contributed by atoms with van der Waals surface area (Å²) >= 11 is 20.0. The highest BCUT2D eigenvalue weighted by atomic mass is 35.5. The highest BCUT2D eigenvalue weighted by Gasteiger charge is 2.20. The fourth-order valence-electron chi connectivity index (χ4n) is 2.01. The molecule has 0 amide bonds. The molecule has 1 heterocycles. The van der Waals surface area contributed by atoms with Gasteiger partial charge in [0.05, 0.1) is 14.7 Å². The van der Waals surface area contributed by atoms with Crippen LogP contribution >= 0.6 is 46.1 Å². The predicted molar refractivity (Wildman–Crippen MR) is 86.0 cm³/mol. The number of halogens is 3. The second kappa shape index (κ2) is 6.47. The molecule has 2 rings (SSSR count). The molecule has 19 heavy (non-hydrogen) atoms. The van der Waals surface area contributed by atoms with E-state index in [0.29, 0.717) is 8.67 Å². The first-order chi connectivity index (χ1) is 9.02. The molecular weight excluding hydrogens is 321 g/mol. The zero-order chi connectivity index (χ0) is 14.0. The number of aryl methyl sites for hydroxylation is 1. The Morgan fingerprint density at radius 1 is 1.16 bits per heavy atom. The summed E-state index contributed by atoms with van der Waals surface area (Å²) in [7, 11) is 0. The largest absolute Gasteiger partial charge is 0.306 e. The van der Waals surface area contributed by atoms with Crippen LogP contribution in [0.5, 0.6) is 0 Å². The van der Waals surface area contributed by atoms with Gasteiger partial charge in [-0.05, 0) is 36.7 Å². The van der Waals surface area contributed by atoms with Crippen molar-refractivity contribution in [3.8, 4) is 0 Å². The highest BCUT2D eigenvalue weighted by molar-refractivity contribution is 7.20. The molecule has 2 aromatic rings. The maximum atomic E-state index is 6.36. The van der Waals surface area contributed by atoms with Gasteiger partial charge < -0.3 is 5.32 Å². The summed E-state index contributed by atoms with van der Waals surface area (Å²) in [5, 5.41) is 4.15. The van der Waals surface area contributed by atoms with Gasteiger partial charge in [0.25, 0.3) is 0 Å². The molecule has 0 aliphatic rings. The van der Waals surface area contributed by atoms with Crippen LogP contribution in [0.4, 0.5) is 0 Å². The molecule has 0 radical (unpaired) electrons. The summed E-state index contributed by atoms with van der Waals surface area (Å²) in [6.45, 7) is 4.89. The molecule has 1 aromatic heterocycles. The number of hydrogen-bond donors (Lipinski definition) is 1. The van der Waals surface area contributed by atoms with E-state index >= 15 is 0 Å². The molecule has 1 N–H and O–H groups in total. The van der Waals surface area contributed by atoms with E-state index in [0.717, 1.165) is 28.3 Å². The molecule has 1 nitrogen and oxygen atoms in total. The summed E-state index contributed by atoms with van der Waals surface area (Å²) in [6.07, 6.45) is 0. The van der Waals surface area contributed by atoms with Gasteiger partial charge in [0.15, 0.2) is 0 Å². The van der Waals surface area contributed by atoms with Crippen LogP contribution in [0.1, 0.15) is 29.7 Å². The van der Waals surface area contributed by atoms with E-state index in [9.17, 15) is 0 Å². The number of rotatable bonds is 4. The molecule has 0 bridgehead atoms. The summed E-state index contributed by atoms with van der Waals surface area (Å²) in [6, 6.07) is 7.91. The van der Waals surface area contributed by atoms with Crippen LogP contribution < -0.4 is 5.32 Å². The molecule has 0 aliphatic heterocycles. The number of nitrogens with one attached hydrogen (secondary N) is 1. The Morgan fingerprint density at radius 3 is 2.42 bits per heavy atom. The molecule has 0 saturated carbocycles. The Morgan fingerprint density at radius 2 is 1.89 bits per heavy atom. The summed E-state index contributed by atoms with van der Waals surface area (Å²) in [5.74, 6) is 0. The van der Waals surface area contributed by atoms with E-state index in [2.05, 4.69) is 12.2 Å². The highest BCUT2D eigenvalue weighted by Crippen LogP contribution is 2.39. The lowest BCUT2D eigenvalue weighted by Gasteiger charge is -2.19. The van der Waals surface area contributed by atoms with Gasteiger partial charge in [-0.15, -0.1) is 11.3 Å². The summed E-state index contributed by atoms with van der Waals surface area (Å²) in [5.41, 5.74) is 3.13. The van der Waals surface area contributed by atoms with Crippen LogP contribution in [0.15, 0.2) is 24.3 Å². The second-order valence-corrected chi connectivity index (χ2v) is 6.99. The molecule has 0 saturated heterocycles. The number of hydrogen-bond acceptors (Lipinski definition) is 2. The lowest BCUT2D eigenvalue weighted by Crippen LogP contribution is -2.22. The first-order valence-electron chi connectivity index (χ1n) is 5.97. The quantitative estimate of drug-likeness (QED) is 0.754. The van der Waals surface area contributed by atoms with Crippen molar-refractivity contribution in [1.82, 2.24) is 5.32 Å². The van der Waals surface area contributed by atoms with Gasteiger partial charge in [-0.25, -0.2) is 0 Å². The Labute approximate surface area is 132 Å². The lowest BCUT2D eigenvalue weighted by atomic mass is 10.00. The van der Waals surface area contributed by atoms with Gasteiger partial charge in [0, 0.05) is 10.6 Å². The van der Waals surface area contributed by atoms with Crippen molar-refractivity contribution in [3.63, 3.8) is 0 Å². The fraction of sp³-hybridized carbons (Fsp3) is 0.286. The van der Waals surface area contributed by atoms with Crippen molar-refractivity contribution in [1.29, 1.82) is 0 Å². The molecule has 0 fully saturated rings. The lowest BCUT2D eigenvalue weighted by molar-refractivity contribution is 0.632. The fourth-order valence-corrected chi connectivity index (χ4v) is 3.88. The minimum Gasteiger partial charge on any atom is -0.306 e. The van der Waals surface area contributed by atoms with Gasteiger partial charge in [0.1, 0.15) is 0 Å². The minimum absolute atomic E-state index is 0.0330. The van der Waals surface area contributed by atoms with Gasteiger partial charge in [-0.3, -0.25) is 0 Å². The molecule has 0 aliphatic carbocycles. The second-order valence-electron chi connectivity index (χ2n) is 4.30. The van der Waals surface area contributed by atoms with Gasteiger partial charge in [-0.1, -0.05) is 53.9 Å². The molecule has 0 spiro atoms. The maximum Gasteiger partial charge on any atom is 0.0995 e. The first-order valence-corrected chi connectivity index (χ1v) is 7.92.